The van der Waals surface area contributed by atoms with E-state index in [2.05, 4.69) is 25.4 Å². The number of nitrogen functional groups attached to an aromatic ring is 1. The van der Waals surface area contributed by atoms with Gasteiger partial charge in [0.05, 0.1) is 18.6 Å². The predicted octanol–water partition coefficient (Wildman–Crippen LogP) is -0.478. The van der Waals surface area contributed by atoms with Crippen LogP contribution in [-0.4, -0.2) is 40.2 Å². The summed E-state index contributed by atoms with van der Waals surface area (Å²) in [6.45, 7) is 0. The number of hydrogen-bond donors (Lipinski definition) is 3. The number of aromatic amines is 1. The molecule has 0 saturated heterocycles. The van der Waals surface area contributed by atoms with Crippen LogP contribution in [0.3, 0.4) is 0 Å². The molecule has 0 aliphatic heterocycles. The standard InChI is InChI=1S/C3H5N3.C3H4N2O.C2H3N3/c4-6-3-1-2-5-6;6-5-3-1-2-4-5;1-3-2-5-4-1/h1-3H,4H2;1-3,6H;1-2H,(H,3,4,5). The lowest BCUT2D eigenvalue weighted by Gasteiger charge is -1.78. The first-order valence-electron chi connectivity index (χ1n) is 4.51. The van der Waals surface area contributed by atoms with Crippen LogP contribution in [-0.2, 0) is 0 Å². The van der Waals surface area contributed by atoms with Gasteiger partial charge in [0.15, 0.2) is 0 Å². The molecular weight excluding hydrogens is 224 g/mol. The van der Waals surface area contributed by atoms with Gasteiger partial charge in [-0.15, -0.1) is 9.94 Å². The van der Waals surface area contributed by atoms with E-state index in [0.717, 1.165) is 4.85 Å². The van der Waals surface area contributed by atoms with Crippen LogP contribution < -0.4 is 5.84 Å². The summed E-state index contributed by atoms with van der Waals surface area (Å²) in [5.74, 6) is 5.08. The quantitative estimate of drug-likeness (QED) is 0.358. The maximum absolute atomic E-state index is 8.28. The maximum atomic E-state index is 8.28. The third-order valence-electron chi connectivity index (χ3n) is 1.35. The number of nitrogens with one attached hydrogen (secondary N) is 1. The Hall–Kier alpha value is -2.84. The van der Waals surface area contributed by atoms with Crippen LogP contribution in [0.25, 0.3) is 0 Å². The van der Waals surface area contributed by atoms with E-state index in [1.807, 2.05) is 0 Å². The molecule has 0 atom stereocenters. The van der Waals surface area contributed by atoms with E-state index in [0.29, 0.717) is 0 Å². The van der Waals surface area contributed by atoms with Gasteiger partial charge in [0, 0.05) is 6.20 Å². The number of nitrogens with zero attached hydrogens (tertiary/aromatic N) is 6. The van der Waals surface area contributed by atoms with Gasteiger partial charge in [-0.1, -0.05) is 0 Å². The van der Waals surface area contributed by atoms with E-state index >= 15 is 0 Å². The third-order valence-corrected chi connectivity index (χ3v) is 1.35. The van der Waals surface area contributed by atoms with Gasteiger partial charge in [0.25, 0.3) is 0 Å². The zero-order valence-corrected chi connectivity index (χ0v) is 8.83. The highest BCUT2D eigenvalue weighted by Gasteiger charge is 1.72. The summed E-state index contributed by atoms with van der Waals surface area (Å²) in [5.41, 5.74) is 0. The second-order valence-corrected chi connectivity index (χ2v) is 2.56. The van der Waals surface area contributed by atoms with Crippen molar-refractivity contribution < 1.29 is 5.21 Å². The lowest BCUT2D eigenvalue weighted by Crippen LogP contribution is -2.06. The van der Waals surface area contributed by atoms with Crippen LogP contribution in [0.5, 0.6) is 0 Å². The molecule has 0 amide bonds. The third kappa shape index (κ3) is 6.28. The van der Waals surface area contributed by atoms with E-state index in [1.165, 1.54) is 29.8 Å². The normalized spacial score (nSPS) is 8.47. The molecule has 0 saturated carbocycles. The monoisotopic (exact) mass is 236 g/mol. The van der Waals surface area contributed by atoms with Crippen LogP contribution in [0.1, 0.15) is 0 Å². The van der Waals surface area contributed by atoms with E-state index < -0.39 is 0 Å². The van der Waals surface area contributed by atoms with Crippen molar-refractivity contribution in [3.8, 4) is 0 Å². The molecule has 9 nitrogen and oxygen atoms in total. The van der Waals surface area contributed by atoms with Crippen molar-refractivity contribution in [2.24, 2.45) is 0 Å². The molecule has 9 heteroatoms. The maximum Gasteiger partial charge on any atom is 0.137 e. The highest BCUT2D eigenvalue weighted by atomic mass is 16.5. The van der Waals surface area contributed by atoms with Crippen LogP contribution >= 0.6 is 0 Å². The molecule has 3 heterocycles. The van der Waals surface area contributed by atoms with Gasteiger partial charge in [-0.25, -0.2) is 4.98 Å². The van der Waals surface area contributed by atoms with Crippen LogP contribution in [0, 0.1) is 0 Å². The first-order valence-corrected chi connectivity index (χ1v) is 4.51. The smallest absolute Gasteiger partial charge is 0.137 e. The second-order valence-electron chi connectivity index (χ2n) is 2.56. The van der Waals surface area contributed by atoms with Crippen molar-refractivity contribution in [1.29, 1.82) is 0 Å². The molecule has 17 heavy (non-hydrogen) atoms. The van der Waals surface area contributed by atoms with Gasteiger partial charge in [0.2, 0.25) is 0 Å². The molecule has 3 rings (SSSR count). The van der Waals surface area contributed by atoms with Gasteiger partial charge in [-0.3, -0.25) is 5.10 Å². The molecule has 4 N–H and O–H groups in total. The zero-order chi connectivity index (χ0) is 12.3. The molecule has 3 aromatic rings. The summed E-state index contributed by atoms with van der Waals surface area (Å²) in [4.78, 5) is 5.56. The van der Waals surface area contributed by atoms with Crippen molar-refractivity contribution in [3.63, 3.8) is 0 Å². The average Bonchev–Trinajstić information content (AvgIpc) is 2.99. The minimum absolute atomic E-state index is 0.750. The van der Waals surface area contributed by atoms with E-state index in [9.17, 15) is 0 Å². The van der Waals surface area contributed by atoms with E-state index in [-0.39, 0.29) is 0 Å². The van der Waals surface area contributed by atoms with Crippen LogP contribution in [0.2, 0.25) is 0 Å². The Morgan fingerprint density at radius 3 is 2.06 bits per heavy atom. The number of hydrogen-bond acceptors (Lipinski definition) is 6. The van der Waals surface area contributed by atoms with Gasteiger partial charge < -0.3 is 11.0 Å². The summed E-state index contributed by atoms with van der Waals surface area (Å²) in [5, 5.41) is 21.3. The molecule has 3 aromatic heterocycles. The summed E-state index contributed by atoms with van der Waals surface area (Å²) in [6.07, 6.45) is 9.19. The second kappa shape index (κ2) is 7.45. The minimum atomic E-state index is 0.750. The largest absolute Gasteiger partial charge is 0.412 e. The molecular formula is C8H12N8O. The summed E-state index contributed by atoms with van der Waals surface area (Å²) >= 11 is 0. The molecule has 0 radical (unpaired) electrons. The Kier molecular flexibility index (Phi) is 5.36. The summed E-state index contributed by atoms with van der Waals surface area (Å²) in [7, 11) is 0. The molecule has 0 aromatic carbocycles. The Balaban J connectivity index is 0.000000128. The highest BCUT2D eigenvalue weighted by molar-refractivity contribution is 4.76. The van der Waals surface area contributed by atoms with Crippen LogP contribution in [0.15, 0.2) is 49.6 Å². The summed E-state index contributed by atoms with van der Waals surface area (Å²) in [6, 6.07) is 3.40. The molecule has 0 fully saturated rings. The fourth-order valence-electron chi connectivity index (χ4n) is 0.708. The minimum Gasteiger partial charge on any atom is -0.412 e. The molecule has 0 bridgehead atoms. The molecule has 0 aliphatic rings. The van der Waals surface area contributed by atoms with Crippen molar-refractivity contribution in [2.45, 2.75) is 0 Å². The van der Waals surface area contributed by atoms with Crippen molar-refractivity contribution >= 4 is 0 Å². The van der Waals surface area contributed by atoms with Gasteiger partial charge in [-0.2, -0.15) is 15.0 Å². The van der Waals surface area contributed by atoms with Gasteiger partial charge >= 0.3 is 0 Å². The Morgan fingerprint density at radius 1 is 1.12 bits per heavy atom. The van der Waals surface area contributed by atoms with Crippen LogP contribution in [0.4, 0.5) is 0 Å². The van der Waals surface area contributed by atoms with Gasteiger partial charge in [-0.05, 0) is 12.1 Å². The summed E-state index contributed by atoms with van der Waals surface area (Å²) < 4.78 is 0. The Bertz CT molecular complexity index is 396. The zero-order valence-electron chi connectivity index (χ0n) is 8.83. The van der Waals surface area contributed by atoms with Crippen molar-refractivity contribution in [3.05, 3.63) is 49.6 Å². The fourth-order valence-corrected chi connectivity index (χ4v) is 0.708. The van der Waals surface area contributed by atoms with Gasteiger partial charge in [0.1, 0.15) is 12.7 Å². The van der Waals surface area contributed by atoms with E-state index in [4.69, 9.17) is 11.0 Å². The first kappa shape index (κ1) is 12.2. The molecule has 0 spiro atoms. The van der Waals surface area contributed by atoms with E-state index in [1.54, 1.807) is 24.5 Å². The number of rotatable bonds is 0. The molecule has 0 aliphatic carbocycles. The number of H-pyrrole nitrogens is 1. The molecule has 90 valence electrons. The topological polar surface area (TPSA) is 123 Å². The highest BCUT2D eigenvalue weighted by Crippen LogP contribution is 1.72. The lowest BCUT2D eigenvalue weighted by atomic mass is 10.8. The Morgan fingerprint density at radius 2 is 1.88 bits per heavy atom. The number of nitrogens with two attached hydrogens (primary N) is 1. The van der Waals surface area contributed by atoms with Crippen molar-refractivity contribution in [2.75, 3.05) is 5.84 Å². The predicted molar refractivity (Wildman–Crippen MR) is 58.2 cm³/mol. The van der Waals surface area contributed by atoms with Crippen molar-refractivity contribution in [1.82, 2.24) is 35.0 Å². The fraction of sp³-hybridized carbons (Fsp3) is 0. The lowest BCUT2D eigenvalue weighted by molar-refractivity contribution is 0.149. The molecule has 0 unspecified atom stereocenters. The first-order chi connectivity index (χ1) is 8.29. The SMILES string of the molecule is Nn1cccn1.On1cccn1.c1nc[nH]n1. The number of aromatic nitrogens is 7. The average molecular weight is 236 g/mol. The Labute approximate surface area is 96.4 Å².